The Labute approximate surface area is 122 Å². The minimum atomic E-state index is -0.364. The highest BCUT2D eigenvalue weighted by molar-refractivity contribution is 9.10. The van der Waals surface area contributed by atoms with Crippen LogP contribution < -0.4 is 10.1 Å². The van der Waals surface area contributed by atoms with Crippen molar-refractivity contribution in [2.75, 3.05) is 11.9 Å². The number of carbonyl (C=O) groups is 1. The molecule has 4 nitrogen and oxygen atoms in total. The first-order chi connectivity index (χ1) is 9.15. The molecular weight excluding hydrogens is 334 g/mol. The summed E-state index contributed by atoms with van der Waals surface area (Å²) < 4.78 is 11.1. The molecule has 6 heteroatoms. The van der Waals surface area contributed by atoms with Crippen molar-refractivity contribution in [2.45, 2.75) is 5.38 Å². The Morgan fingerprint density at radius 1 is 1.37 bits per heavy atom. The highest BCUT2D eigenvalue weighted by atomic mass is 79.9. The van der Waals surface area contributed by atoms with Gasteiger partial charge < -0.3 is 14.5 Å². The van der Waals surface area contributed by atoms with E-state index in [9.17, 15) is 4.79 Å². The number of carbonyl (C=O) groups excluding carboxylic acids is 1. The average molecular weight is 343 g/mol. The van der Waals surface area contributed by atoms with Gasteiger partial charge in [0.25, 0.3) is 5.91 Å². The van der Waals surface area contributed by atoms with Crippen molar-refractivity contribution in [1.82, 2.24) is 0 Å². The van der Waals surface area contributed by atoms with Crippen LogP contribution >= 0.6 is 27.5 Å². The Morgan fingerprint density at radius 2 is 2.21 bits per heavy atom. The normalized spacial score (nSPS) is 15.4. The van der Waals surface area contributed by atoms with Gasteiger partial charge in [0.15, 0.2) is 11.3 Å². The molecule has 0 saturated heterocycles. The van der Waals surface area contributed by atoms with Crippen LogP contribution in [-0.2, 0) is 4.79 Å². The molecule has 0 aliphatic carbocycles. The first kappa shape index (κ1) is 12.6. The van der Waals surface area contributed by atoms with Gasteiger partial charge in [0.2, 0.25) is 0 Å². The quantitative estimate of drug-likeness (QED) is 0.847. The largest absolute Gasteiger partial charge is 0.482 e. The number of alkyl halides is 1. The van der Waals surface area contributed by atoms with Crippen LogP contribution in [0.25, 0.3) is 0 Å². The van der Waals surface area contributed by atoms with Crippen LogP contribution in [0, 0.1) is 0 Å². The minimum Gasteiger partial charge on any atom is -0.482 e. The maximum absolute atomic E-state index is 11.3. The zero-order valence-electron chi connectivity index (χ0n) is 9.65. The molecule has 1 atom stereocenters. The summed E-state index contributed by atoms with van der Waals surface area (Å²) in [6, 6.07) is 7.28. The Morgan fingerprint density at radius 3 is 2.95 bits per heavy atom. The third-order valence-electron chi connectivity index (χ3n) is 2.85. The summed E-state index contributed by atoms with van der Waals surface area (Å²) in [5.74, 6) is 0.485. The fraction of sp³-hybridized carbons (Fsp3) is 0.154. The van der Waals surface area contributed by atoms with Crippen LogP contribution in [0.1, 0.15) is 16.5 Å². The third-order valence-corrected chi connectivity index (χ3v) is 3.98. The van der Waals surface area contributed by atoms with Crippen molar-refractivity contribution >= 4 is 39.1 Å². The van der Waals surface area contributed by atoms with Gasteiger partial charge in [-0.25, -0.2) is 0 Å². The summed E-state index contributed by atoms with van der Waals surface area (Å²) in [4.78, 5) is 11.3. The molecule has 2 heterocycles. The lowest BCUT2D eigenvalue weighted by atomic mass is 10.1. The van der Waals surface area contributed by atoms with E-state index >= 15 is 0 Å². The van der Waals surface area contributed by atoms with Gasteiger partial charge in [-0.3, -0.25) is 4.79 Å². The molecule has 1 aromatic heterocycles. The van der Waals surface area contributed by atoms with Gasteiger partial charge in [-0.15, -0.1) is 11.6 Å². The third kappa shape index (κ3) is 2.35. The topological polar surface area (TPSA) is 51.5 Å². The highest BCUT2D eigenvalue weighted by Gasteiger charge is 2.20. The second-order valence-corrected chi connectivity index (χ2v) is 5.26. The molecule has 1 N–H and O–H groups in total. The number of hydrogen-bond acceptors (Lipinski definition) is 3. The van der Waals surface area contributed by atoms with Crippen molar-refractivity contribution in [3.8, 4) is 5.75 Å². The Hall–Kier alpha value is -1.46. The minimum absolute atomic E-state index is 0.0456. The van der Waals surface area contributed by atoms with E-state index in [4.69, 9.17) is 20.8 Å². The number of anilines is 1. The van der Waals surface area contributed by atoms with Crippen molar-refractivity contribution in [1.29, 1.82) is 0 Å². The van der Waals surface area contributed by atoms with E-state index in [0.717, 1.165) is 11.1 Å². The number of furan rings is 1. The van der Waals surface area contributed by atoms with Gasteiger partial charge in [-0.2, -0.15) is 0 Å². The van der Waals surface area contributed by atoms with Gasteiger partial charge >= 0.3 is 0 Å². The monoisotopic (exact) mass is 341 g/mol. The highest BCUT2D eigenvalue weighted by Crippen LogP contribution is 2.38. The number of ether oxygens (including phenoxy) is 1. The second-order valence-electron chi connectivity index (χ2n) is 4.10. The van der Waals surface area contributed by atoms with Crippen molar-refractivity contribution in [3.63, 3.8) is 0 Å². The number of fused-ring (bicyclic) bond motifs is 1. The fourth-order valence-corrected chi connectivity index (χ4v) is 2.83. The van der Waals surface area contributed by atoms with E-state index < -0.39 is 0 Å². The molecule has 0 fully saturated rings. The van der Waals surface area contributed by atoms with Crippen molar-refractivity contribution in [2.24, 2.45) is 0 Å². The second kappa shape index (κ2) is 4.90. The predicted molar refractivity (Wildman–Crippen MR) is 74.7 cm³/mol. The molecule has 1 unspecified atom stereocenters. The maximum atomic E-state index is 11.3. The Bertz CT molecular complexity index is 641. The Kier molecular flexibility index (Phi) is 3.24. The van der Waals surface area contributed by atoms with Crippen LogP contribution in [-0.4, -0.2) is 12.5 Å². The maximum Gasteiger partial charge on any atom is 0.262 e. The molecule has 0 spiro atoms. The predicted octanol–water partition coefficient (Wildman–Crippen LogP) is 3.70. The summed E-state index contributed by atoms with van der Waals surface area (Å²) in [7, 11) is 0. The van der Waals surface area contributed by atoms with Gasteiger partial charge in [0.1, 0.15) is 5.75 Å². The summed E-state index contributed by atoms with van der Waals surface area (Å²) in [5.41, 5.74) is 2.33. The molecule has 0 radical (unpaired) electrons. The Balaban J connectivity index is 1.96. The summed E-state index contributed by atoms with van der Waals surface area (Å²) in [6.45, 7) is 0.0456. The van der Waals surface area contributed by atoms with Gasteiger partial charge in [-0.1, -0.05) is 6.07 Å². The smallest absolute Gasteiger partial charge is 0.262 e. The molecule has 2 aromatic rings. The molecule has 1 aromatic carbocycles. The first-order valence-electron chi connectivity index (χ1n) is 5.58. The zero-order valence-corrected chi connectivity index (χ0v) is 12.0. The standard InChI is InChI=1S/C13H9BrClNO3/c14-13-8(3-4-18-13)12(15)7-1-2-10-9(5-7)16-11(17)6-19-10/h1-5,12H,6H2,(H,16,17). The molecule has 1 aliphatic rings. The molecule has 0 saturated carbocycles. The zero-order chi connectivity index (χ0) is 13.4. The van der Waals surface area contributed by atoms with Gasteiger partial charge in [0.05, 0.1) is 17.3 Å². The van der Waals surface area contributed by atoms with Crippen LogP contribution in [0.5, 0.6) is 5.75 Å². The van der Waals surface area contributed by atoms with E-state index in [1.165, 1.54) is 0 Å². The molecule has 0 bridgehead atoms. The summed E-state index contributed by atoms with van der Waals surface area (Å²) >= 11 is 9.72. The summed E-state index contributed by atoms with van der Waals surface area (Å²) in [5, 5.41) is 2.39. The number of amides is 1. The molecule has 3 rings (SSSR count). The molecule has 1 amide bonds. The number of nitrogens with one attached hydrogen (secondary N) is 1. The van der Waals surface area contributed by atoms with Gasteiger partial charge in [0, 0.05) is 5.56 Å². The average Bonchev–Trinajstić information content (AvgIpc) is 2.83. The van der Waals surface area contributed by atoms with Crippen LogP contribution in [0.2, 0.25) is 0 Å². The van der Waals surface area contributed by atoms with Crippen molar-refractivity contribution < 1.29 is 13.9 Å². The lowest BCUT2D eigenvalue weighted by Crippen LogP contribution is -2.25. The van der Waals surface area contributed by atoms with E-state index in [0.29, 0.717) is 16.1 Å². The molecule has 98 valence electrons. The van der Waals surface area contributed by atoms with Gasteiger partial charge in [-0.05, 0) is 39.7 Å². The lowest BCUT2D eigenvalue weighted by molar-refractivity contribution is -0.118. The number of benzene rings is 1. The van der Waals surface area contributed by atoms with E-state index in [1.807, 2.05) is 12.1 Å². The number of halogens is 2. The first-order valence-corrected chi connectivity index (χ1v) is 6.81. The van der Waals surface area contributed by atoms with Crippen molar-refractivity contribution in [3.05, 3.63) is 46.3 Å². The molecule has 1 aliphatic heterocycles. The van der Waals surface area contributed by atoms with E-state index in [-0.39, 0.29) is 17.9 Å². The van der Waals surface area contributed by atoms with E-state index in [2.05, 4.69) is 21.2 Å². The fourth-order valence-electron chi connectivity index (χ4n) is 1.92. The van der Waals surface area contributed by atoms with E-state index in [1.54, 1.807) is 18.4 Å². The van der Waals surface area contributed by atoms with Crippen LogP contribution in [0.4, 0.5) is 5.69 Å². The van der Waals surface area contributed by atoms with Crippen LogP contribution in [0.15, 0.2) is 39.6 Å². The number of hydrogen-bond donors (Lipinski definition) is 1. The SMILES string of the molecule is O=C1COc2ccc(C(Cl)c3ccoc3Br)cc2N1. The number of rotatable bonds is 2. The molecular formula is C13H9BrClNO3. The lowest BCUT2D eigenvalue weighted by Gasteiger charge is -2.19. The molecule has 19 heavy (non-hydrogen) atoms. The van der Waals surface area contributed by atoms with Crippen LogP contribution in [0.3, 0.4) is 0 Å². The summed E-state index contributed by atoms with van der Waals surface area (Å²) in [6.07, 6.45) is 1.57.